The lowest BCUT2D eigenvalue weighted by atomic mass is 9.70. The number of likely N-dealkylation sites (tertiary alicyclic amines) is 1. The Balaban J connectivity index is 0.00000185. The summed E-state index contributed by atoms with van der Waals surface area (Å²) in [5, 5.41) is 8.21. The first kappa shape index (κ1) is 37.5. The van der Waals surface area contributed by atoms with Crippen molar-refractivity contribution in [3.63, 3.8) is 0 Å². The molecule has 46 heavy (non-hydrogen) atoms. The Morgan fingerprint density at radius 1 is 0.957 bits per heavy atom. The van der Waals surface area contributed by atoms with Crippen molar-refractivity contribution in [1.29, 1.82) is 0 Å². The summed E-state index contributed by atoms with van der Waals surface area (Å²) in [5.74, 6) is -1.73. The van der Waals surface area contributed by atoms with E-state index in [1.807, 2.05) is 6.92 Å². The standard InChI is InChI=1S/C33H52N4O6.C3H8/c1-6-12-23(26(38)28(40)34-18-7-2)35-27(39)24-15-11-19-37(24)29(41)25(21-13-9-8-10-14-21)36-31(42)43-30-32(3,4)22-16-17-33(30,5)20-22;1-3-2/h7,21-25,30H,2,6,8-20H2,1,3-5H3,(H,34,40)(H,35,39)(H,36,42);3H2,1-2H3/t22?,23?,24-,25?,30?,33?;/m0./s1. The number of rotatable bonds is 12. The summed E-state index contributed by atoms with van der Waals surface area (Å²) in [6.45, 7) is 16.8. The van der Waals surface area contributed by atoms with Crippen molar-refractivity contribution in [2.24, 2.45) is 22.7 Å². The summed E-state index contributed by atoms with van der Waals surface area (Å²) in [6, 6.07) is -2.54. The topological polar surface area (TPSA) is 134 Å². The van der Waals surface area contributed by atoms with Crippen LogP contribution in [0.25, 0.3) is 0 Å². The van der Waals surface area contributed by atoms with E-state index in [9.17, 15) is 24.0 Å². The third kappa shape index (κ3) is 8.71. The molecule has 1 saturated heterocycles. The fourth-order valence-electron chi connectivity index (χ4n) is 8.38. The summed E-state index contributed by atoms with van der Waals surface area (Å²) >= 11 is 0. The molecular formula is C36H60N4O6. The van der Waals surface area contributed by atoms with E-state index in [4.69, 9.17) is 4.74 Å². The van der Waals surface area contributed by atoms with Gasteiger partial charge in [0, 0.05) is 23.9 Å². The van der Waals surface area contributed by atoms with E-state index in [1.165, 1.54) is 12.5 Å². The van der Waals surface area contributed by atoms with Gasteiger partial charge in [-0.1, -0.05) is 79.7 Å². The van der Waals surface area contributed by atoms with Crippen LogP contribution in [0.2, 0.25) is 0 Å². The average molecular weight is 645 g/mol. The minimum atomic E-state index is -0.978. The zero-order chi connectivity index (χ0) is 34.1. The molecule has 10 nitrogen and oxygen atoms in total. The molecule has 260 valence electrons. The van der Waals surface area contributed by atoms with E-state index in [0.29, 0.717) is 38.1 Å². The maximum atomic E-state index is 14.2. The van der Waals surface area contributed by atoms with Gasteiger partial charge in [0.05, 0.1) is 6.04 Å². The van der Waals surface area contributed by atoms with E-state index >= 15 is 0 Å². The first-order valence-electron chi connectivity index (χ1n) is 17.8. The smallest absolute Gasteiger partial charge is 0.408 e. The number of carbonyl (C=O) groups excluding carboxylic acids is 5. The van der Waals surface area contributed by atoms with E-state index in [1.54, 1.807) is 4.90 Å². The molecule has 2 bridgehead atoms. The molecule has 3 saturated carbocycles. The highest BCUT2D eigenvalue weighted by Crippen LogP contribution is 2.63. The van der Waals surface area contributed by atoms with Crippen LogP contribution in [0.4, 0.5) is 4.79 Å². The lowest BCUT2D eigenvalue weighted by Crippen LogP contribution is -2.58. The molecule has 10 heteroatoms. The molecule has 3 aliphatic carbocycles. The van der Waals surface area contributed by atoms with Gasteiger partial charge in [0.15, 0.2) is 0 Å². The average Bonchev–Trinajstić information content (AvgIpc) is 3.73. The van der Waals surface area contributed by atoms with Gasteiger partial charge in [-0.3, -0.25) is 19.2 Å². The molecule has 0 aromatic carbocycles. The van der Waals surface area contributed by atoms with Crippen LogP contribution in [0.15, 0.2) is 12.7 Å². The van der Waals surface area contributed by atoms with Crippen LogP contribution in [-0.2, 0) is 23.9 Å². The minimum absolute atomic E-state index is 0.0373. The number of amides is 4. The Kier molecular flexibility index (Phi) is 13.7. The Morgan fingerprint density at radius 3 is 2.22 bits per heavy atom. The molecule has 0 radical (unpaired) electrons. The largest absolute Gasteiger partial charge is 0.445 e. The second-order valence-corrected chi connectivity index (χ2v) is 14.8. The van der Waals surface area contributed by atoms with Gasteiger partial charge in [-0.2, -0.15) is 0 Å². The fraction of sp³-hybridized carbons (Fsp3) is 0.806. The summed E-state index contributed by atoms with van der Waals surface area (Å²) in [7, 11) is 0. The van der Waals surface area contributed by atoms with Gasteiger partial charge in [0.2, 0.25) is 17.6 Å². The Bertz CT molecular complexity index is 1100. The summed E-state index contributed by atoms with van der Waals surface area (Å²) in [5.41, 5.74) is -0.176. The number of ether oxygens (including phenoxy) is 1. The molecule has 6 atom stereocenters. The van der Waals surface area contributed by atoms with Crippen LogP contribution in [-0.4, -0.2) is 71.8 Å². The van der Waals surface area contributed by atoms with Gasteiger partial charge >= 0.3 is 6.09 Å². The predicted octanol–water partition coefficient (Wildman–Crippen LogP) is 5.44. The van der Waals surface area contributed by atoms with Crippen LogP contribution in [0.5, 0.6) is 0 Å². The molecule has 5 unspecified atom stereocenters. The van der Waals surface area contributed by atoms with Gasteiger partial charge in [-0.15, -0.1) is 6.58 Å². The van der Waals surface area contributed by atoms with Gasteiger partial charge in [0.25, 0.3) is 5.91 Å². The summed E-state index contributed by atoms with van der Waals surface area (Å²) in [4.78, 5) is 67.8. The van der Waals surface area contributed by atoms with Crippen molar-refractivity contribution in [2.75, 3.05) is 13.1 Å². The highest BCUT2D eigenvalue weighted by Gasteiger charge is 2.61. The zero-order valence-corrected chi connectivity index (χ0v) is 29.3. The molecule has 3 N–H and O–H groups in total. The van der Waals surface area contributed by atoms with Crippen molar-refractivity contribution >= 4 is 29.6 Å². The number of alkyl carbamates (subject to hydrolysis) is 1. The van der Waals surface area contributed by atoms with Crippen molar-refractivity contribution < 1.29 is 28.7 Å². The number of fused-ring (bicyclic) bond motifs is 2. The van der Waals surface area contributed by atoms with Gasteiger partial charge in [-0.05, 0) is 63.2 Å². The Labute approximate surface area is 276 Å². The third-order valence-electron chi connectivity index (χ3n) is 10.7. The quantitative estimate of drug-likeness (QED) is 0.191. The first-order chi connectivity index (χ1) is 21.8. The molecule has 4 amide bonds. The van der Waals surface area contributed by atoms with Crippen LogP contribution in [0.3, 0.4) is 0 Å². The second kappa shape index (κ2) is 16.8. The van der Waals surface area contributed by atoms with Crippen LogP contribution in [0.1, 0.15) is 125 Å². The monoisotopic (exact) mass is 644 g/mol. The molecule has 4 aliphatic rings. The van der Waals surface area contributed by atoms with Gasteiger partial charge in [0.1, 0.15) is 18.2 Å². The number of ketones is 1. The lowest BCUT2D eigenvalue weighted by Gasteiger charge is -2.42. The van der Waals surface area contributed by atoms with E-state index in [-0.39, 0.29) is 35.3 Å². The van der Waals surface area contributed by atoms with E-state index in [2.05, 4.69) is 57.1 Å². The molecule has 1 aliphatic heterocycles. The van der Waals surface area contributed by atoms with Crippen molar-refractivity contribution in [1.82, 2.24) is 20.9 Å². The number of Topliss-reactive ketones (excluding diaryl/α,β-unsaturated/α-hetero) is 1. The molecular weight excluding hydrogens is 584 g/mol. The predicted molar refractivity (Wildman–Crippen MR) is 179 cm³/mol. The number of carbonyl (C=O) groups is 5. The highest BCUT2D eigenvalue weighted by molar-refractivity contribution is 6.38. The van der Waals surface area contributed by atoms with Gasteiger partial charge in [-0.25, -0.2) is 4.79 Å². The van der Waals surface area contributed by atoms with Gasteiger partial charge < -0.3 is 25.6 Å². The zero-order valence-electron chi connectivity index (χ0n) is 29.3. The molecule has 1 heterocycles. The Morgan fingerprint density at radius 2 is 1.63 bits per heavy atom. The van der Waals surface area contributed by atoms with E-state index in [0.717, 1.165) is 51.4 Å². The number of nitrogens with zero attached hydrogens (tertiary/aromatic N) is 1. The van der Waals surface area contributed by atoms with Crippen molar-refractivity contribution in [3.8, 4) is 0 Å². The van der Waals surface area contributed by atoms with Crippen LogP contribution >= 0.6 is 0 Å². The fourth-order valence-corrected chi connectivity index (χ4v) is 8.38. The maximum Gasteiger partial charge on any atom is 0.408 e. The summed E-state index contributed by atoms with van der Waals surface area (Å²) in [6.07, 6.45) is 11.9. The molecule has 4 fully saturated rings. The van der Waals surface area contributed by atoms with E-state index < -0.39 is 41.8 Å². The normalized spacial score (nSPS) is 27.9. The summed E-state index contributed by atoms with van der Waals surface area (Å²) < 4.78 is 6.15. The molecule has 0 spiro atoms. The second-order valence-electron chi connectivity index (χ2n) is 14.8. The third-order valence-corrected chi connectivity index (χ3v) is 10.7. The number of hydrogen-bond donors (Lipinski definition) is 3. The SMILES string of the molecule is C=CCNC(=O)C(=O)C(CCC)NC(=O)[C@@H]1CCCN1C(=O)C(NC(=O)OC1C2(C)CCC(C2)C1(C)C)C1CCCCC1.CCC. The molecule has 0 aromatic heterocycles. The lowest BCUT2D eigenvalue weighted by molar-refractivity contribution is -0.143. The number of hydrogen-bond acceptors (Lipinski definition) is 6. The highest BCUT2D eigenvalue weighted by atomic mass is 16.6. The van der Waals surface area contributed by atoms with Crippen LogP contribution < -0.4 is 16.0 Å². The number of nitrogens with one attached hydrogen (secondary N) is 3. The molecule has 4 rings (SSSR count). The minimum Gasteiger partial charge on any atom is -0.445 e. The van der Waals surface area contributed by atoms with Crippen molar-refractivity contribution in [2.45, 2.75) is 149 Å². The molecule has 0 aromatic rings. The van der Waals surface area contributed by atoms with Crippen molar-refractivity contribution in [3.05, 3.63) is 12.7 Å². The van der Waals surface area contributed by atoms with Crippen LogP contribution in [0, 0.1) is 22.7 Å². The Hall–Kier alpha value is -2.91. The maximum absolute atomic E-state index is 14.2. The first-order valence-corrected chi connectivity index (χ1v) is 17.8.